The molecule has 2 amide bonds. The number of hydrogen-bond acceptors (Lipinski definition) is 17. The molecule has 0 saturated carbocycles. The molecule has 0 aromatic rings. The molecule has 21 heteroatoms. The molecule has 19 nitrogen and oxygen atoms in total. The minimum atomic E-state index is -2.90. The zero-order valence-electron chi connectivity index (χ0n) is 24.0. The standard InChI is InChI=1S/C22H37N3O16.2Na/c1-7(27)24-13-10(29)3-22(21(36)37,41-18(13)15(31)11(30)4-26)39-6-12-16(32)17(33)14(25-8(2)28)20(40-12)38-5-9(23)19(34)35;;/h9-18,20,26,29-33H,3-6,23H2,1-2H3,(H,24,27)(H,25,28)(H,34,35)(H,36,37);;/q;2*+1/p-2/t9-,10-,11+,12+,13+,14+,15+,16-,17+,18+,20-,22+;;/m0../s1. The molecule has 2 rings (SSSR count). The fourth-order valence-electron chi connectivity index (χ4n) is 4.35. The van der Waals surface area contributed by atoms with Crippen molar-refractivity contribution in [1.82, 2.24) is 10.6 Å². The maximum absolute atomic E-state index is 12.2. The predicted molar refractivity (Wildman–Crippen MR) is 123 cm³/mol. The molecule has 2 saturated heterocycles. The third kappa shape index (κ3) is 11.0. The van der Waals surface area contributed by atoms with E-state index >= 15 is 0 Å². The fraction of sp³-hybridized carbons (Fsp3) is 0.818. The Morgan fingerprint density at radius 1 is 1.02 bits per heavy atom. The normalized spacial score (nSPS) is 34.3. The van der Waals surface area contributed by atoms with Crippen LogP contribution in [0.1, 0.15) is 20.3 Å². The number of aliphatic carboxylic acids is 2. The van der Waals surface area contributed by atoms with Crippen molar-refractivity contribution in [2.45, 2.75) is 93.2 Å². The van der Waals surface area contributed by atoms with E-state index in [1.807, 2.05) is 0 Å². The smallest absolute Gasteiger partial charge is 0.548 e. The summed E-state index contributed by atoms with van der Waals surface area (Å²) in [5.74, 6) is -8.10. The first kappa shape index (κ1) is 42.4. The molecular weight excluding hydrogens is 608 g/mol. The first-order valence-corrected chi connectivity index (χ1v) is 12.4. The van der Waals surface area contributed by atoms with Crippen LogP contribution in [0.2, 0.25) is 0 Å². The molecule has 0 bridgehead atoms. The first-order valence-electron chi connectivity index (χ1n) is 12.4. The van der Waals surface area contributed by atoms with Crippen LogP contribution in [0.3, 0.4) is 0 Å². The molecule has 0 unspecified atom stereocenters. The number of hydrogen-bond donors (Lipinski definition) is 9. The van der Waals surface area contributed by atoms with E-state index in [2.05, 4.69) is 10.6 Å². The molecule has 2 fully saturated rings. The molecule has 2 aliphatic heterocycles. The molecule has 0 aromatic carbocycles. The van der Waals surface area contributed by atoms with E-state index in [0.717, 1.165) is 13.8 Å². The van der Waals surface area contributed by atoms with E-state index < -0.39 is 123 Å². The van der Waals surface area contributed by atoms with Gasteiger partial charge in [-0.25, -0.2) is 0 Å². The summed E-state index contributed by atoms with van der Waals surface area (Å²) in [6.07, 6.45) is -15.5. The van der Waals surface area contributed by atoms with E-state index in [-0.39, 0.29) is 59.1 Å². The Bertz CT molecular complexity index is 952. The molecule has 0 radical (unpaired) electrons. The monoisotopic (exact) mass is 643 g/mol. The molecule has 2 aliphatic rings. The zero-order chi connectivity index (χ0) is 31.2. The van der Waals surface area contributed by atoms with Gasteiger partial charge in [0.25, 0.3) is 0 Å². The first-order chi connectivity index (χ1) is 19.0. The Morgan fingerprint density at radius 3 is 2.07 bits per heavy atom. The van der Waals surface area contributed by atoms with E-state index in [9.17, 15) is 60.0 Å². The minimum absolute atomic E-state index is 0. The fourth-order valence-corrected chi connectivity index (χ4v) is 4.35. The zero-order valence-corrected chi connectivity index (χ0v) is 28.0. The maximum Gasteiger partial charge on any atom is 1.00 e. The van der Waals surface area contributed by atoms with Crippen LogP contribution in [0, 0.1) is 0 Å². The summed E-state index contributed by atoms with van der Waals surface area (Å²) >= 11 is 0. The summed E-state index contributed by atoms with van der Waals surface area (Å²) in [5, 5.41) is 89.1. The molecule has 10 N–H and O–H groups in total. The number of ether oxygens (including phenoxy) is 4. The number of nitrogens with one attached hydrogen (secondary N) is 2. The van der Waals surface area contributed by atoms with E-state index in [0.29, 0.717) is 0 Å². The number of aliphatic hydroxyl groups excluding tert-OH is 6. The van der Waals surface area contributed by atoms with Gasteiger partial charge in [-0.1, -0.05) is 0 Å². The van der Waals surface area contributed by atoms with Crippen LogP contribution >= 0.6 is 0 Å². The number of carboxylic acids is 2. The number of carbonyl (C=O) groups excluding carboxylic acids is 4. The Hall–Kier alpha value is -0.560. The van der Waals surface area contributed by atoms with Gasteiger partial charge in [-0.15, -0.1) is 0 Å². The number of carbonyl (C=O) groups is 4. The van der Waals surface area contributed by atoms with Gasteiger partial charge in [0.2, 0.25) is 17.6 Å². The van der Waals surface area contributed by atoms with Crippen molar-refractivity contribution in [2.75, 3.05) is 19.8 Å². The Labute approximate surface area is 289 Å². The van der Waals surface area contributed by atoms with Gasteiger partial charge in [0.1, 0.15) is 48.6 Å². The number of carboxylic acid groups (broad SMARTS) is 2. The van der Waals surface area contributed by atoms with Crippen LogP contribution in [-0.4, -0.2) is 147 Å². The predicted octanol–water partition coefficient (Wildman–Crippen LogP) is -15.1. The van der Waals surface area contributed by atoms with Crippen LogP contribution in [0.15, 0.2) is 0 Å². The van der Waals surface area contributed by atoms with Crippen molar-refractivity contribution in [3.63, 3.8) is 0 Å². The second kappa shape index (κ2) is 18.6. The average Bonchev–Trinajstić information content (AvgIpc) is 2.89. The molecule has 43 heavy (non-hydrogen) atoms. The summed E-state index contributed by atoms with van der Waals surface area (Å²) in [4.78, 5) is 46.4. The summed E-state index contributed by atoms with van der Waals surface area (Å²) in [7, 11) is 0. The van der Waals surface area contributed by atoms with Gasteiger partial charge in [0.15, 0.2) is 6.29 Å². The third-order valence-corrected chi connectivity index (χ3v) is 6.47. The quantitative estimate of drug-likeness (QED) is 0.0841. The van der Waals surface area contributed by atoms with Crippen molar-refractivity contribution in [2.24, 2.45) is 5.73 Å². The summed E-state index contributed by atoms with van der Waals surface area (Å²) in [6.45, 7) is -0.555. The largest absolute Gasteiger partial charge is 1.00 e. The molecule has 12 atom stereocenters. The number of nitrogens with two attached hydrogens (primary N) is 1. The van der Waals surface area contributed by atoms with Crippen molar-refractivity contribution in [3.05, 3.63) is 0 Å². The van der Waals surface area contributed by atoms with Crippen molar-refractivity contribution in [3.8, 4) is 0 Å². The Morgan fingerprint density at radius 2 is 1.58 bits per heavy atom. The number of amides is 2. The topological polar surface area (TPSA) is 323 Å². The van der Waals surface area contributed by atoms with E-state index in [1.165, 1.54) is 0 Å². The van der Waals surface area contributed by atoms with Gasteiger partial charge in [-0.3, -0.25) is 9.59 Å². The van der Waals surface area contributed by atoms with Crippen LogP contribution in [0.25, 0.3) is 0 Å². The molecule has 0 aromatic heterocycles. The summed E-state index contributed by atoms with van der Waals surface area (Å²) in [6, 6.07) is -4.58. The SMILES string of the molecule is CC(=O)N[C@H]1[C@@H](OC[C@H](N)C(=O)[O-])O[C@H](CO[C@]2(C(=O)[O-])C[C@H](O)[C@@H](NC(C)=O)[C@H]([C@H](O)[C@H](O)CO)O2)[C@H](O)[C@@H]1O.[Na+].[Na+]. The molecule has 2 heterocycles. The third-order valence-electron chi connectivity index (χ3n) is 6.47. The number of rotatable bonds is 13. The molecule has 0 spiro atoms. The molecular formula is C22H35N3Na2O16. The van der Waals surface area contributed by atoms with Crippen molar-refractivity contribution < 1.29 is 138 Å². The van der Waals surface area contributed by atoms with Crippen molar-refractivity contribution in [1.29, 1.82) is 0 Å². The van der Waals surface area contributed by atoms with Crippen LogP contribution in [0.4, 0.5) is 0 Å². The van der Waals surface area contributed by atoms with Gasteiger partial charge in [0.05, 0.1) is 44.0 Å². The van der Waals surface area contributed by atoms with Gasteiger partial charge in [0, 0.05) is 20.3 Å². The van der Waals surface area contributed by atoms with Crippen LogP contribution in [-0.2, 0) is 38.1 Å². The summed E-state index contributed by atoms with van der Waals surface area (Å²) in [5.41, 5.74) is 5.35. The van der Waals surface area contributed by atoms with Gasteiger partial charge in [-0.05, 0) is 0 Å². The van der Waals surface area contributed by atoms with Crippen LogP contribution in [0.5, 0.6) is 0 Å². The van der Waals surface area contributed by atoms with Gasteiger partial charge in [-0.2, -0.15) is 0 Å². The Kier molecular flexibility index (Phi) is 18.3. The van der Waals surface area contributed by atoms with E-state index in [4.69, 9.17) is 24.7 Å². The maximum atomic E-state index is 12.2. The van der Waals surface area contributed by atoms with Crippen molar-refractivity contribution >= 4 is 23.8 Å². The average molecular weight is 644 g/mol. The number of aliphatic hydroxyl groups is 6. The van der Waals surface area contributed by atoms with E-state index in [1.54, 1.807) is 0 Å². The molecule has 236 valence electrons. The Balaban J connectivity index is 0.00000882. The second-order valence-electron chi connectivity index (χ2n) is 9.68. The minimum Gasteiger partial charge on any atom is -0.548 e. The van der Waals surface area contributed by atoms with Crippen LogP contribution < -0.4 is 85.7 Å². The van der Waals surface area contributed by atoms with Gasteiger partial charge >= 0.3 is 59.1 Å². The second-order valence-corrected chi connectivity index (χ2v) is 9.68. The molecule has 0 aliphatic carbocycles. The van der Waals surface area contributed by atoms with Gasteiger partial charge < -0.3 is 85.8 Å². The summed E-state index contributed by atoms with van der Waals surface area (Å²) < 4.78 is 21.5.